The van der Waals surface area contributed by atoms with Crippen molar-refractivity contribution in [1.82, 2.24) is 4.90 Å². The third kappa shape index (κ3) is 3.44. The Balaban J connectivity index is 2.08. The summed E-state index contributed by atoms with van der Waals surface area (Å²) in [5.74, 6) is 0.267. The Kier molecular flexibility index (Phi) is 5.15. The minimum Gasteiger partial charge on any atom is -0.292 e. The summed E-state index contributed by atoms with van der Waals surface area (Å²) in [5.41, 5.74) is 0.843. The third-order valence-corrected chi connectivity index (χ3v) is 4.23. The summed E-state index contributed by atoms with van der Waals surface area (Å²) in [6, 6.07) is 10.3. The fourth-order valence-corrected chi connectivity index (χ4v) is 3.17. The van der Waals surface area contributed by atoms with Crippen LogP contribution in [-0.2, 0) is 0 Å². The van der Waals surface area contributed by atoms with Crippen LogP contribution in [-0.4, -0.2) is 29.3 Å². The molecule has 19 heavy (non-hydrogen) atoms. The van der Waals surface area contributed by atoms with E-state index < -0.39 is 0 Å². The van der Waals surface area contributed by atoms with Crippen LogP contribution in [0, 0.1) is 0 Å². The lowest BCUT2D eigenvalue weighted by Crippen LogP contribution is -2.48. The molecule has 1 saturated heterocycles. The Morgan fingerprint density at radius 2 is 2.05 bits per heavy atom. The van der Waals surface area contributed by atoms with Crippen LogP contribution in [0.25, 0.3) is 0 Å². The number of hydrogen-bond donors (Lipinski definition) is 0. The molecule has 0 aliphatic carbocycles. The first-order valence-electron chi connectivity index (χ1n) is 7.59. The molecule has 2 atom stereocenters. The van der Waals surface area contributed by atoms with Crippen LogP contribution in [0.2, 0.25) is 0 Å². The highest BCUT2D eigenvalue weighted by atomic mass is 16.1. The van der Waals surface area contributed by atoms with Crippen LogP contribution < -0.4 is 0 Å². The van der Waals surface area contributed by atoms with Gasteiger partial charge in [0.25, 0.3) is 0 Å². The molecule has 0 N–H and O–H groups in total. The first-order valence-corrected chi connectivity index (χ1v) is 7.59. The molecule has 2 heteroatoms. The van der Waals surface area contributed by atoms with Gasteiger partial charge in [0.15, 0.2) is 5.78 Å². The van der Waals surface area contributed by atoms with Crippen LogP contribution in [0.1, 0.15) is 56.3 Å². The molecule has 2 unspecified atom stereocenters. The van der Waals surface area contributed by atoms with E-state index in [1.165, 1.54) is 32.1 Å². The SMILES string of the molecule is CCCC1CCCCN1C(C)C(=O)c1ccccc1. The van der Waals surface area contributed by atoms with Gasteiger partial charge in [-0.2, -0.15) is 0 Å². The summed E-state index contributed by atoms with van der Waals surface area (Å²) < 4.78 is 0. The molecule has 0 bridgehead atoms. The van der Waals surface area contributed by atoms with Crippen LogP contribution in [0.4, 0.5) is 0 Å². The molecule has 0 saturated carbocycles. The molecule has 1 aliphatic rings. The van der Waals surface area contributed by atoms with Gasteiger partial charge >= 0.3 is 0 Å². The molecule has 1 aromatic carbocycles. The molecule has 0 radical (unpaired) electrons. The van der Waals surface area contributed by atoms with Gasteiger partial charge in [0.1, 0.15) is 0 Å². The predicted octanol–water partition coefficient (Wildman–Crippen LogP) is 3.91. The molecule has 104 valence electrons. The fourth-order valence-electron chi connectivity index (χ4n) is 3.17. The number of carbonyl (C=O) groups excluding carboxylic acids is 1. The number of benzene rings is 1. The highest BCUT2D eigenvalue weighted by molar-refractivity contribution is 5.99. The van der Waals surface area contributed by atoms with Crippen molar-refractivity contribution in [2.24, 2.45) is 0 Å². The second kappa shape index (κ2) is 6.85. The van der Waals surface area contributed by atoms with Crippen LogP contribution in [0.15, 0.2) is 30.3 Å². The van der Waals surface area contributed by atoms with Crippen molar-refractivity contribution < 1.29 is 4.79 Å². The average Bonchev–Trinajstić information content (AvgIpc) is 2.47. The van der Waals surface area contributed by atoms with Gasteiger partial charge in [-0.3, -0.25) is 9.69 Å². The molecule has 0 spiro atoms. The number of hydrogen-bond acceptors (Lipinski definition) is 2. The number of piperidine rings is 1. The maximum atomic E-state index is 12.6. The van der Waals surface area contributed by atoms with E-state index in [4.69, 9.17) is 0 Å². The van der Waals surface area contributed by atoms with Crippen LogP contribution >= 0.6 is 0 Å². The van der Waals surface area contributed by atoms with E-state index in [1.807, 2.05) is 30.3 Å². The third-order valence-electron chi connectivity index (χ3n) is 4.23. The molecule has 0 aromatic heterocycles. The van der Waals surface area contributed by atoms with Gasteiger partial charge in [-0.1, -0.05) is 50.1 Å². The van der Waals surface area contributed by atoms with E-state index in [-0.39, 0.29) is 11.8 Å². The number of Topliss-reactive ketones (excluding diaryl/α,β-unsaturated/α-hetero) is 1. The summed E-state index contributed by atoms with van der Waals surface area (Å²) in [7, 11) is 0. The number of nitrogens with zero attached hydrogens (tertiary/aromatic N) is 1. The van der Waals surface area contributed by atoms with Crippen molar-refractivity contribution in [1.29, 1.82) is 0 Å². The van der Waals surface area contributed by atoms with Crippen molar-refractivity contribution in [2.45, 2.75) is 58.0 Å². The minimum atomic E-state index is 0.0132. The summed E-state index contributed by atoms with van der Waals surface area (Å²) in [6.45, 7) is 5.38. The van der Waals surface area contributed by atoms with Gasteiger partial charge < -0.3 is 0 Å². The van der Waals surface area contributed by atoms with E-state index in [9.17, 15) is 4.79 Å². The lowest BCUT2D eigenvalue weighted by Gasteiger charge is -2.39. The summed E-state index contributed by atoms with van der Waals surface area (Å²) in [6.07, 6.45) is 6.21. The number of rotatable bonds is 5. The fraction of sp³-hybridized carbons (Fsp3) is 0.588. The smallest absolute Gasteiger partial charge is 0.179 e. The number of likely N-dealkylation sites (tertiary alicyclic amines) is 1. The van der Waals surface area contributed by atoms with Gasteiger partial charge in [-0.25, -0.2) is 0 Å². The Morgan fingerprint density at radius 3 is 2.74 bits per heavy atom. The second-order valence-corrected chi connectivity index (χ2v) is 5.58. The van der Waals surface area contributed by atoms with Crippen molar-refractivity contribution in [3.05, 3.63) is 35.9 Å². The summed E-state index contributed by atoms with van der Waals surface area (Å²) >= 11 is 0. The zero-order valence-electron chi connectivity index (χ0n) is 12.1. The number of ketones is 1. The Hall–Kier alpha value is -1.15. The maximum absolute atomic E-state index is 12.6. The highest BCUT2D eigenvalue weighted by Gasteiger charge is 2.29. The lowest BCUT2D eigenvalue weighted by molar-refractivity contribution is 0.0649. The van der Waals surface area contributed by atoms with Gasteiger partial charge in [0.05, 0.1) is 6.04 Å². The predicted molar refractivity (Wildman–Crippen MR) is 79.5 cm³/mol. The van der Waals surface area contributed by atoms with Crippen molar-refractivity contribution in [3.63, 3.8) is 0 Å². The van der Waals surface area contributed by atoms with E-state index >= 15 is 0 Å². The van der Waals surface area contributed by atoms with Crippen molar-refractivity contribution in [3.8, 4) is 0 Å². The molecule has 2 nitrogen and oxygen atoms in total. The molecular formula is C17H25NO. The van der Waals surface area contributed by atoms with Crippen LogP contribution in [0.3, 0.4) is 0 Å². The molecule has 1 fully saturated rings. The molecule has 1 aliphatic heterocycles. The Bertz CT molecular complexity index is 399. The van der Waals surface area contributed by atoms with Gasteiger partial charge in [-0.15, -0.1) is 0 Å². The van der Waals surface area contributed by atoms with Crippen molar-refractivity contribution >= 4 is 5.78 Å². The normalized spacial score (nSPS) is 22.1. The van der Waals surface area contributed by atoms with E-state index in [1.54, 1.807) is 0 Å². The molecule has 0 amide bonds. The van der Waals surface area contributed by atoms with E-state index in [0.29, 0.717) is 6.04 Å². The first kappa shape index (κ1) is 14.3. The molecule has 1 aromatic rings. The van der Waals surface area contributed by atoms with Gasteiger partial charge in [0.2, 0.25) is 0 Å². The maximum Gasteiger partial charge on any atom is 0.179 e. The minimum absolute atomic E-state index is 0.0132. The summed E-state index contributed by atoms with van der Waals surface area (Å²) in [5, 5.41) is 0. The van der Waals surface area contributed by atoms with E-state index in [0.717, 1.165) is 12.1 Å². The first-order chi connectivity index (χ1) is 9.24. The standard InChI is InChI=1S/C17H25NO/c1-3-9-16-12-7-8-13-18(16)14(2)17(19)15-10-5-4-6-11-15/h4-6,10-11,14,16H,3,7-9,12-13H2,1-2H3. The molecule has 2 rings (SSSR count). The quantitative estimate of drug-likeness (QED) is 0.747. The lowest BCUT2D eigenvalue weighted by atomic mass is 9.94. The zero-order valence-corrected chi connectivity index (χ0v) is 12.1. The monoisotopic (exact) mass is 259 g/mol. The average molecular weight is 259 g/mol. The van der Waals surface area contributed by atoms with Crippen LogP contribution in [0.5, 0.6) is 0 Å². The Morgan fingerprint density at radius 1 is 1.32 bits per heavy atom. The van der Waals surface area contributed by atoms with Gasteiger partial charge in [-0.05, 0) is 32.7 Å². The topological polar surface area (TPSA) is 20.3 Å². The van der Waals surface area contributed by atoms with Crippen molar-refractivity contribution in [2.75, 3.05) is 6.54 Å². The summed E-state index contributed by atoms with van der Waals surface area (Å²) in [4.78, 5) is 15.0. The largest absolute Gasteiger partial charge is 0.292 e. The second-order valence-electron chi connectivity index (χ2n) is 5.58. The Labute approximate surface area is 116 Å². The molecule has 1 heterocycles. The zero-order chi connectivity index (χ0) is 13.7. The highest BCUT2D eigenvalue weighted by Crippen LogP contribution is 2.24. The van der Waals surface area contributed by atoms with Gasteiger partial charge in [0, 0.05) is 11.6 Å². The number of carbonyl (C=O) groups is 1. The van der Waals surface area contributed by atoms with E-state index in [2.05, 4.69) is 18.7 Å². The molecular weight excluding hydrogens is 234 g/mol.